The molecule has 3 N–H and O–H groups in total. The zero-order valence-electron chi connectivity index (χ0n) is 17.1. The number of hydrogen-bond donors (Lipinski definition) is 2. The number of thioether (sulfide) groups is 1. The number of carbonyl (C=O) groups is 2. The highest BCUT2D eigenvalue weighted by atomic mass is 32.2. The van der Waals surface area contributed by atoms with Gasteiger partial charge in [0.05, 0.1) is 10.8 Å². The van der Waals surface area contributed by atoms with Crippen LogP contribution in [0.2, 0.25) is 0 Å². The fourth-order valence-corrected chi connectivity index (χ4v) is 6.13. The van der Waals surface area contributed by atoms with Gasteiger partial charge in [-0.1, -0.05) is 30.0 Å². The van der Waals surface area contributed by atoms with Crippen LogP contribution in [-0.2, 0) is 17.6 Å². The van der Waals surface area contributed by atoms with Crippen LogP contribution >= 0.6 is 23.1 Å². The van der Waals surface area contributed by atoms with Gasteiger partial charge < -0.3 is 11.1 Å². The molecule has 1 atom stereocenters. The first-order chi connectivity index (χ1) is 15.0. The summed E-state index contributed by atoms with van der Waals surface area (Å²) in [4.78, 5) is 26.1. The number of primary amides is 1. The third kappa shape index (κ3) is 3.87. The topological polar surface area (TPSA) is 103 Å². The predicted octanol–water partition coefficient (Wildman–Crippen LogP) is 3.91. The number of hydrogen-bond acceptors (Lipinski definition) is 6. The van der Waals surface area contributed by atoms with E-state index in [4.69, 9.17) is 5.73 Å². The van der Waals surface area contributed by atoms with Crippen LogP contribution in [-0.4, -0.2) is 31.8 Å². The Morgan fingerprint density at radius 1 is 1.23 bits per heavy atom. The third-order valence-electron chi connectivity index (χ3n) is 5.67. The molecule has 1 saturated carbocycles. The molecular weight excluding hydrogens is 430 g/mol. The Hall–Kier alpha value is -2.65. The normalized spacial score (nSPS) is 16.2. The Bertz CT molecular complexity index is 1150. The fraction of sp³-hybridized carbons (Fsp3) is 0.364. The quantitative estimate of drug-likeness (QED) is 0.528. The summed E-state index contributed by atoms with van der Waals surface area (Å²) >= 11 is 2.84. The summed E-state index contributed by atoms with van der Waals surface area (Å²) in [5.41, 5.74) is 8.10. The highest BCUT2D eigenvalue weighted by molar-refractivity contribution is 8.00. The second kappa shape index (κ2) is 8.12. The maximum atomic E-state index is 13.0. The molecule has 7 nitrogen and oxygen atoms in total. The average molecular weight is 454 g/mol. The molecule has 2 aliphatic carbocycles. The van der Waals surface area contributed by atoms with Crippen LogP contribution in [0.4, 0.5) is 5.00 Å². The highest BCUT2D eigenvalue weighted by Gasteiger charge is 2.32. The first-order valence-corrected chi connectivity index (χ1v) is 12.1. The Morgan fingerprint density at radius 3 is 2.71 bits per heavy atom. The van der Waals surface area contributed by atoms with Crippen molar-refractivity contribution < 1.29 is 9.59 Å². The van der Waals surface area contributed by atoms with Crippen molar-refractivity contribution in [2.24, 2.45) is 5.73 Å². The van der Waals surface area contributed by atoms with E-state index in [-0.39, 0.29) is 5.91 Å². The smallest absolute Gasteiger partial charge is 0.251 e. The summed E-state index contributed by atoms with van der Waals surface area (Å²) in [5, 5.41) is 12.6. The molecule has 2 amide bonds. The van der Waals surface area contributed by atoms with Gasteiger partial charge in [-0.25, -0.2) is 0 Å². The molecule has 2 aliphatic rings. The number of para-hydroxylation sites is 1. The monoisotopic (exact) mass is 453 g/mol. The lowest BCUT2D eigenvalue weighted by atomic mass is 10.1. The van der Waals surface area contributed by atoms with Gasteiger partial charge in [-0.05, 0) is 56.7 Å². The number of rotatable bonds is 7. The zero-order valence-corrected chi connectivity index (χ0v) is 18.8. The Morgan fingerprint density at radius 2 is 2.00 bits per heavy atom. The molecule has 1 fully saturated rings. The molecule has 0 spiro atoms. The van der Waals surface area contributed by atoms with E-state index in [0.717, 1.165) is 54.1 Å². The molecule has 0 aliphatic heterocycles. The van der Waals surface area contributed by atoms with Crippen LogP contribution in [0.15, 0.2) is 35.5 Å². The number of amides is 2. The van der Waals surface area contributed by atoms with Gasteiger partial charge in [0, 0.05) is 16.5 Å². The first kappa shape index (κ1) is 20.3. The Kier molecular flexibility index (Phi) is 5.31. The number of thiophene rings is 1. The maximum absolute atomic E-state index is 13.0. The second-order valence-electron chi connectivity index (χ2n) is 7.96. The molecule has 2 heterocycles. The van der Waals surface area contributed by atoms with Crippen molar-refractivity contribution in [3.05, 3.63) is 52.2 Å². The number of aryl methyl sites for hydroxylation is 1. The standard InChI is InChI=1S/C22H23N5O2S2/c1-12(20(29)24-21-17(18(23)28)15-8-5-9-16(15)31-21)30-22-26-25-19(13-10-11-13)27(22)14-6-3-2-4-7-14/h2-4,6-7,12-13H,5,8-11H2,1H3,(H2,23,28)(H,24,29). The molecule has 0 saturated heterocycles. The predicted molar refractivity (Wildman–Crippen MR) is 122 cm³/mol. The van der Waals surface area contributed by atoms with E-state index < -0.39 is 11.2 Å². The van der Waals surface area contributed by atoms with Crippen LogP contribution in [0.5, 0.6) is 0 Å². The van der Waals surface area contributed by atoms with Gasteiger partial charge in [-0.15, -0.1) is 21.5 Å². The Labute approximate surface area is 188 Å². The number of fused-ring (bicyclic) bond motifs is 1. The Balaban J connectivity index is 1.37. The molecule has 9 heteroatoms. The van der Waals surface area contributed by atoms with E-state index in [1.807, 2.05) is 37.3 Å². The van der Waals surface area contributed by atoms with Crippen LogP contribution in [0.1, 0.15) is 58.7 Å². The molecule has 1 aromatic carbocycles. The molecule has 0 radical (unpaired) electrons. The number of anilines is 1. The van der Waals surface area contributed by atoms with Crippen molar-refractivity contribution in [1.82, 2.24) is 14.8 Å². The van der Waals surface area contributed by atoms with Gasteiger partial charge in [0.1, 0.15) is 10.8 Å². The van der Waals surface area contributed by atoms with Crippen molar-refractivity contribution in [1.29, 1.82) is 0 Å². The summed E-state index contributed by atoms with van der Waals surface area (Å²) in [6.07, 6.45) is 5.04. The van der Waals surface area contributed by atoms with Gasteiger partial charge in [0.25, 0.3) is 5.91 Å². The highest BCUT2D eigenvalue weighted by Crippen LogP contribution is 2.42. The molecule has 0 bridgehead atoms. The van der Waals surface area contributed by atoms with Crippen molar-refractivity contribution in [2.45, 2.75) is 55.4 Å². The zero-order chi connectivity index (χ0) is 21.5. The lowest BCUT2D eigenvalue weighted by Gasteiger charge is -2.14. The minimum atomic E-state index is -0.479. The summed E-state index contributed by atoms with van der Waals surface area (Å²) in [5.74, 6) is 0.723. The van der Waals surface area contributed by atoms with E-state index in [9.17, 15) is 9.59 Å². The number of nitrogens with zero attached hydrogens (tertiary/aromatic N) is 3. The molecule has 1 unspecified atom stereocenters. The summed E-state index contributed by atoms with van der Waals surface area (Å²) < 4.78 is 2.06. The van der Waals surface area contributed by atoms with Gasteiger partial charge in [-0.2, -0.15) is 0 Å². The molecule has 2 aromatic heterocycles. The average Bonchev–Trinajstić information content (AvgIpc) is 3.20. The van der Waals surface area contributed by atoms with Gasteiger partial charge >= 0.3 is 0 Å². The van der Waals surface area contributed by atoms with Gasteiger partial charge in [0.15, 0.2) is 5.16 Å². The molecule has 3 aromatic rings. The van der Waals surface area contributed by atoms with E-state index in [1.165, 1.54) is 23.1 Å². The van der Waals surface area contributed by atoms with E-state index in [1.54, 1.807) is 0 Å². The minimum Gasteiger partial charge on any atom is -0.365 e. The first-order valence-electron chi connectivity index (χ1n) is 10.5. The van der Waals surface area contributed by atoms with Crippen LogP contribution in [0.25, 0.3) is 5.69 Å². The lowest BCUT2D eigenvalue weighted by molar-refractivity contribution is -0.115. The second-order valence-corrected chi connectivity index (χ2v) is 10.4. The number of carbonyl (C=O) groups excluding carboxylic acids is 2. The summed E-state index contributed by atoms with van der Waals surface area (Å²) in [7, 11) is 0. The number of aromatic nitrogens is 3. The largest absolute Gasteiger partial charge is 0.365 e. The molecular formula is C22H23N5O2S2. The van der Waals surface area contributed by atoms with Crippen LogP contribution < -0.4 is 11.1 Å². The number of benzene rings is 1. The van der Waals surface area contributed by atoms with E-state index in [2.05, 4.69) is 20.1 Å². The summed E-state index contributed by atoms with van der Waals surface area (Å²) in [6, 6.07) is 9.99. The third-order valence-corrected chi connectivity index (χ3v) is 7.92. The van der Waals surface area contributed by atoms with E-state index >= 15 is 0 Å². The fourth-order valence-electron chi connectivity index (χ4n) is 3.96. The lowest BCUT2D eigenvalue weighted by Crippen LogP contribution is -2.24. The van der Waals surface area contributed by atoms with Crippen molar-refractivity contribution >= 4 is 39.9 Å². The summed E-state index contributed by atoms with van der Waals surface area (Å²) in [6.45, 7) is 1.84. The van der Waals surface area contributed by atoms with Crippen LogP contribution in [0.3, 0.4) is 0 Å². The molecule has 160 valence electrons. The maximum Gasteiger partial charge on any atom is 0.251 e. The number of nitrogens with one attached hydrogen (secondary N) is 1. The van der Waals surface area contributed by atoms with Gasteiger partial charge in [-0.3, -0.25) is 14.2 Å². The minimum absolute atomic E-state index is 0.178. The van der Waals surface area contributed by atoms with Crippen LogP contribution in [0, 0.1) is 0 Å². The van der Waals surface area contributed by atoms with Crippen molar-refractivity contribution in [3.63, 3.8) is 0 Å². The van der Waals surface area contributed by atoms with E-state index in [0.29, 0.717) is 21.6 Å². The SMILES string of the molecule is CC(Sc1nnc(C2CC2)n1-c1ccccc1)C(=O)Nc1sc2c(c1C(N)=O)CCC2. The molecule has 5 rings (SSSR count). The van der Waals surface area contributed by atoms with Crippen molar-refractivity contribution in [2.75, 3.05) is 5.32 Å². The van der Waals surface area contributed by atoms with Crippen molar-refractivity contribution in [3.8, 4) is 5.69 Å². The number of nitrogens with two attached hydrogens (primary N) is 1. The molecule has 31 heavy (non-hydrogen) atoms. The van der Waals surface area contributed by atoms with Gasteiger partial charge in [0.2, 0.25) is 5.91 Å².